The summed E-state index contributed by atoms with van der Waals surface area (Å²) in [6.07, 6.45) is 1.78. The van der Waals surface area contributed by atoms with E-state index in [4.69, 9.17) is 0 Å². The summed E-state index contributed by atoms with van der Waals surface area (Å²) in [6, 6.07) is 24.0. The molecule has 0 saturated heterocycles. The van der Waals surface area contributed by atoms with Crippen LogP contribution in [0.4, 0.5) is 0 Å². The maximum atomic E-state index is 12.7. The van der Waals surface area contributed by atoms with Gasteiger partial charge in [0, 0.05) is 26.6 Å². The molecule has 156 valence electrons. The lowest BCUT2D eigenvalue weighted by Crippen LogP contribution is -2.29. The van der Waals surface area contributed by atoms with E-state index in [0.29, 0.717) is 24.0 Å². The largest absolute Gasteiger partial charge is 0.341 e. The third-order valence-electron chi connectivity index (χ3n) is 5.53. The molecule has 0 aliphatic heterocycles. The lowest BCUT2D eigenvalue weighted by atomic mass is 10.0. The summed E-state index contributed by atoms with van der Waals surface area (Å²) < 4.78 is 1.52. The van der Waals surface area contributed by atoms with Crippen LogP contribution in [0.5, 0.6) is 0 Å². The molecule has 0 bridgehead atoms. The van der Waals surface area contributed by atoms with Crippen molar-refractivity contribution >= 4 is 16.8 Å². The molecule has 0 fully saturated rings. The van der Waals surface area contributed by atoms with E-state index in [1.807, 2.05) is 49.4 Å². The molecular formula is C26H25N3O2. The second kappa shape index (κ2) is 8.96. The fourth-order valence-corrected chi connectivity index (χ4v) is 3.70. The first-order valence-electron chi connectivity index (χ1n) is 10.4. The summed E-state index contributed by atoms with van der Waals surface area (Å²) in [6.45, 7) is 2.77. The van der Waals surface area contributed by atoms with Gasteiger partial charge in [0.2, 0.25) is 5.91 Å². The van der Waals surface area contributed by atoms with Gasteiger partial charge in [-0.3, -0.25) is 14.2 Å². The molecule has 0 saturated carbocycles. The number of aromatic nitrogens is 2. The average molecular weight is 412 g/mol. The van der Waals surface area contributed by atoms with Crippen LogP contribution in [-0.2, 0) is 17.9 Å². The lowest BCUT2D eigenvalue weighted by Gasteiger charge is -2.18. The SMILES string of the molecule is Cc1cccc2c(=O)n(CCC(=O)N(C)Cc3ccc(-c4ccccc4)cc3)cnc12. The van der Waals surface area contributed by atoms with Gasteiger partial charge in [-0.05, 0) is 35.2 Å². The first-order valence-corrected chi connectivity index (χ1v) is 10.4. The van der Waals surface area contributed by atoms with Crippen LogP contribution in [0.3, 0.4) is 0 Å². The smallest absolute Gasteiger partial charge is 0.261 e. The predicted octanol–water partition coefficient (Wildman–Crippen LogP) is 4.42. The van der Waals surface area contributed by atoms with Crippen molar-refractivity contribution in [1.29, 1.82) is 0 Å². The van der Waals surface area contributed by atoms with Crippen LogP contribution in [0.15, 0.2) is 83.9 Å². The molecule has 1 amide bonds. The molecule has 0 aliphatic rings. The summed E-state index contributed by atoms with van der Waals surface area (Å²) in [5.41, 5.74) is 4.96. The number of nitrogens with zero attached hydrogens (tertiary/aromatic N) is 3. The number of hydrogen-bond donors (Lipinski definition) is 0. The number of carbonyl (C=O) groups is 1. The Balaban J connectivity index is 1.38. The molecular weight excluding hydrogens is 386 g/mol. The molecule has 3 aromatic carbocycles. The molecule has 1 heterocycles. The number of rotatable bonds is 6. The van der Waals surface area contributed by atoms with Crippen LogP contribution in [0, 0.1) is 6.92 Å². The van der Waals surface area contributed by atoms with Gasteiger partial charge in [0.15, 0.2) is 0 Å². The fraction of sp³-hybridized carbons (Fsp3) is 0.192. The minimum Gasteiger partial charge on any atom is -0.341 e. The summed E-state index contributed by atoms with van der Waals surface area (Å²) in [7, 11) is 1.79. The first kappa shape index (κ1) is 20.5. The molecule has 0 N–H and O–H groups in total. The molecule has 1 aromatic heterocycles. The lowest BCUT2D eigenvalue weighted by molar-refractivity contribution is -0.130. The second-order valence-electron chi connectivity index (χ2n) is 7.78. The van der Waals surface area contributed by atoms with Crippen molar-refractivity contribution in [1.82, 2.24) is 14.5 Å². The molecule has 0 aliphatic carbocycles. The number of para-hydroxylation sites is 1. The van der Waals surface area contributed by atoms with Gasteiger partial charge in [-0.15, -0.1) is 0 Å². The fourth-order valence-electron chi connectivity index (χ4n) is 3.70. The molecule has 0 unspecified atom stereocenters. The highest BCUT2D eigenvalue weighted by Crippen LogP contribution is 2.19. The normalized spacial score (nSPS) is 10.9. The number of carbonyl (C=O) groups excluding carboxylic acids is 1. The van der Waals surface area contributed by atoms with Crippen LogP contribution in [0.25, 0.3) is 22.0 Å². The van der Waals surface area contributed by atoms with E-state index < -0.39 is 0 Å². The van der Waals surface area contributed by atoms with Gasteiger partial charge in [-0.2, -0.15) is 0 Å². The molecule has 4 aromatic rings. The molecule has 5 heteroatoms. The van der Waals surface area contributed by atoms with Gasteiger partial charge >= 0.3 is 0 Å². The van der Waals surface area contributed by atoms with Gasteiger partial charge in [0.05, 0.1) is 17.2 Å². The Labute approximate surface area is 181 Å². The van der Waals surface area contributed by atoms with E-state index in [-0.39, 0.29) is 17.9 Å². The van der Waals surface area contributed by atoms with Crippen molar-refractivity contribution in [3.8, 4) is 11.1 Å². The Kier molecular flexibility index (Phi) is 5.94. The molecule has 0 radical (unpaired) electrons. The number of fused-ring (bicyclic) bond motifs is 1. The van der Waals surface area contributed by atoms with Crippen LogP contribution in [0.2, 0.25) is 0 Å². The minimum absolute atomic E-state index is 0.0108. The van der Waals surface area contributed by atoms with Crippen LogP contribution in [-0.4, -0.2) is 27.4 Å². The van der Waals surface area contributed by atoms with E-state index in [1.165, 1.54) is 16.5 Å². The molecule has 0 spiro atoms. The Hall–Kier alpha value is -3.73. The van der Waals surface area contributed by atoms with E-state index in [9.17, 15) is 9.59 Å². The van der Waals surface area contributed by atoms with E-state index >= 15 is 0 Å². The van der Waals surface area contributed by atoms with Gasteiger partial charge in [0.25, 0.3) is 5.56 Å². The van der Waals surface area contributed by atoms with Crippen LogP contribution < -0.4 is 5.56 Å². The van der Waals surface area contributed by atoms with Gasteiger partial charge < -0.3 is 4.90 Å². The third kappa shape index (κ3) is 4.56. The van der Waals surface area contributed by atoms with Crippen molar-refractivity contribution in [2.45, 2.75) is 26.4 Å². The van der Waals surface area contributed by atoms with Gasteiger partial charge in [0.1, 0.15) is 0 Å². The maximum Gasteiger partial charge on any atom is 0.261 e. The standard InChI is InChI=1S/C26H25N3O2/c1-19-7-6-10-23-25(19)27-18-29(26(23)31)16-15-24(30)28(2)17-20-11-13-22(14-12-20)21-8-4-3-5-9-21/h3-14,18H,15-17H2,1-2H3. The number of hydrogen-bond acceptors (Lipinski definition) is 3. The predicted molar refractivity (Wildman–Crippen MR) is 124 cm³/mol. The number of amides is 1. The third-order valence-corrected chi connectivity index (χ3v) is 5.53. The van der Waals surface area contributed by atoms with E-state index in [2.05, 4.69) is 29.2 Å². The quantitative estimate of drug-likeness (QED) is 0.472. The Morgan fingerprint density at radius 1 is 0.935 bits per heavy atom. The molecule has 31 heavy (non-hydrogen) atoms. The van der Waals surface area contributed by atoms with E-state index in [0.717, 1.165) is 16.7 Å². The highest BCUT2D eigenvalue weighted by Gasteiger charge is 2.12. The second-order valence-corrected chi connectivity index (χ2v) is 7.78. The Bertz CT molecular complexity index is 1260. The highest BCUT2D eigenvalue weighted by molar-refractivity contribution is 5.80. The monoisotopic (exact) mass is 411 g/mol. The number of benzene rings is 3. The topological polar surface area (TPSA) is 55.2 Å². The molecule has 0 atom stereocenters. The Morgan fingerprint density at radius 3 is 2.39 bits per heavy atom. The van der Waals surface area contributed by atoms with Crippen LogP contribution >= 0.6 is 0 Å². The minimum atomic E-state index is -0.111. The first-order chi connectivity index (χ1) is 15.0. The molecule has 4 rings (SSSR count). The van der Waals surface area contributed by atoms with Crippen molar-refractivity contribution in [3.05, 3.63) is 101 Å². The van der Waals surface area contributed by atoms with Crippen molar-refractivity contribution in [2.24, 2.45) is 0 Å². The van der Waals surface area contributed by atoms with Crippen molar-refractivity contribution in [2.75, 3.05) is 7.05 Å². The number of aryl methyl sites for hydroxylation is 2. The van der Waals surface area contributed by atoms with Crippen LogP contribution in [0.1, 0.15) is 17.5 Å². The zero-order valence-electron chi connectivity index (χ0n) is 17.8. The average Bonchev–Trinajstić information content (AvgIpc) is 2.80. The van der Waals surface area contributed by atoms with Crippen molar-refractivity contribution in [3.63, 3.8) is 0 Å². The maximum absolute atomic E-state index is 12.7. The van der Waals surface area contributed by atoms with Gasteiger partial charge in [-0.1, -0.05) is 66.7 Å². The summed E-state index contributed by atoms with van der Waals surface area (Å²) in [5, 5.41) is 0.585. The van der Waals surface area contributed by atoms with Crippen molar-refractivity contribution < 1.29 is 4.79 Å². The summed E-state index contributed by atoms with van der Waals surface area (Å²) in [4.78, 5) is 31.4. The summed E-state index contributed by atoms with van der Waals surface area (Å²) in [5.74, 6) is -0.0108. The van der Waals surface area contributed by atoms with Gasteiger partial charge in [-0.25, -0.2) is 4.98 Å². The molecule has 5 nitrogen and oxygen atoms in total. The Morgan fingerprint density at radius 2 is 1.65 bits per heavy atom. The zero-order valence-corrected chi connectivity index (χ0v) is 17.8. The van der Waals surface area contributed by atoms with E-state index in [1.54, 1.807) is 18.0 Å². The zero-order chi connectivity index (χ0) is 21.8. The summed E-state index contributed by atoms with van der Waals surface area (Å²) >= 11 is 0. The highest BCUT2D eigenvalue weighted by atomic mass is 16.2.